The number of nitrogens with one attached hydrogen (secondary N) is 1. The van der Waals surface area contributed by atoms with Crippen LogP contribution in [0.5, 0.6) is 0 Å². The summed E-state index contributed by atoms with van der Waals surface area (Å²) in [5, 5.41) is 8.08. The van der Waals surface area contributed by atoms with Gasteiger partial charge in [0.15, 0.2) is 0 Å². The lowest BCUT2D eigenvalue weighted by molar-refractivity contribution is -0.122. The molecule has 3 aromatic heterocycles. The van der Waals surface area contributed by atoms with Crippen LogP contribution in [0, 0.1) is 0 Å². The van der Waals surface area contributed by atoms with Gasteiger partial charge in [0.25, 0.3) is 5.24 Å². The van der Waals surface area contributed by atoms with Crippen molar-refractivity contribution in [2.75, 3.05) is 0 Å². The van der Waals surface area contributed by atoms with Gasteiger partial charge >= 0.3 is 0 Å². The van der Waals surface area contributed by atoms with Gasteiger partial charge < -0.3 is 5.32 Å². The maximum absolute atomic E-state index is 12.7. The molecule has 5 rings (SSSR count). The second-order valence-electron chi connectivity index (χ2n) is 7.93. The lowest BCUT2D eigenvalue weighted by atomic mass is 10.0. The highest BCUT2D eigenvalue weighted by molar-refractivity contribution is 6.67. The quantitative estimate of drug-likeness (QED) is 0.335. The Labute approximate surface area is 206 Å². The molecule has 2 aromatic carbocycles. The molecular weight excluding hydrogens is 462 g/mol. The van der Waals surface area contributed by atoms with E-state index in [2.05, 4.69) is 15.3 Å². The molecule has 0 unspecified atom stereocenters. The normalized spacial score (nSPS) is 10.9. The first kappa shape index (κ1) is 22.4. The number of aromatic nitrogens is 4. The van der Waals surface area contributed by atoms with Crippen LogP contribution in [-0.4, -0.2) is 30.9 Å². The van der Waals surface area contributed by atoms with Crippen molar-refractivity contribution in [1.82, 2.24) is 25.1 Å². The number of benzene rings is 2. The number of fused-ring (bicyclic) bond motifs is 1. The van der Waals surface area contributed by atoms with Crippen molar-refractivity contribution >= 4 is 33.7 Å². The van der Waals surface area contributed by atoms with E-state index in [1.807, 2.05) is 54.7 Å². The molecule has 1 N–H and O–H groups in total. The standard InChI is InChI=1S/C27H20ClN5O2/c28-27(35)19-10-8-18(9-11-19)15-31-25(34)17-33-16-22(26(32-33)24-7-3-4-13-29-24)20-12-14-30-23-6-2-1-5-21(20)23/h1-14,16H,15,17H2,(H,31,34). The van der Waals surface area contributed by atoms with E-state index in [4.69, 9.17) is 16.7 Å². The Balaban J connectivity index is 1.41. The van der Waals surface area contributed by atoms with Gasteiger partial charge in [0, 0.05) is 41.6 Å². The molecule has 5 aromatic rings. The van der Waals surface area contributed by atoms with E-state index in [1.54, 1.807) is 41.3 Å². The fourth-order valence-corrected chi connectivity index (χ4v) is 4.01. The minimum Gasteiger partial charge on any atom is -0.350 e. The molecule has 0 aliphatic rings. The van der Waals surface area contributed by atoms with Crippen molar-refractivity contribution < 1.29 is 9.59 Å². The molecule has 0 radical (unpaired) electrons. The Morgan fingerprint density at radius 1 is 0.857 bits per heavy atom. The summed E-state index contributed by atoms with van der Waals surface area (Å²) < 4.78 is 1.62. The first-order valence-corrected chi connectivity index (χ1v) is 11.3. The largest absolute Gasteiger partial charge is 0.350 e. The van der Waals surface area contributed by atoms with Gasteiger partial charge in [-0.05, 0) is 59.1 Å². The van der Waals surface area contributed by atoms with E-state index < -0.39 is 5.24 Å². The second kappa shape index (κ2) is 9.87. The Morgan fingerprint density at radius 2 is 1.66 bits per heavy atom. The maximum Gasteiger partial charge on any atom is 0.252 e. The van der Waals surface area contributed by atoms with Gasteiger partial charge in [0.1, 0.15) is 12.2 Å². The molecule has 7 nitrogen and oxygen atoms in total. The molecule has 8 heteroatoms. The minimum absolute atomic E-state index is 0.0428. The lowest BCUT2D eigenvalue weighted by Crippen LogP contribution is -2.27. The number of rotatable bonds is 7. The van der Waals surface area contributed by atoms with E-state index in [9.17, 15) is 9.59 Å². The lowest BCUT2D eigenvalue weighted by Gasteiger charge is -2.06. The van der Waals surface area contributed by atoms with Crippen molar-refractivity contribution in [3.8, 4) is 22.5 Å². The fraction of sp³-hybridized carbons (Fsp3) is 0.0741. The summed E-state index contributed by atoms with van der Waals surface area (Å²) >= 11 is 5.48. The van der Waals surface area contributed by atoms with E-state index >= 15 is 0 Å². The first-order valence-electron chi connectivity index (χ1n) is 11.0. The molecular formula is C27H20ClN5O2. The molecule has 0 saturated carbocycles. The Kier molecular flexibility index (Phi) is 6.32. The molecule has 1 amide bonds. The van der Waals surface area contributed by atoms with Gasteiger partial charge in [-0.25, -0.2) is 0 Å². The SMILES string of the molecule is O=C(Cn1cc(-c2ccnc3ccccc23)c(-c2ccccn2)n1)NCc1ccc(C(=O)Cl)cc1. The second-order valence-corrected chi connectivity index (χ2v) is 8.27. The van der Waals surface area contributed by atoms with Crippen molar-refractivity contribution in [2.45, 2.75) is 13.1 Å². The van der Waals surface area contributed by atoms with Gasteiger partial charge in [-0.2, -0.15) is 5.10 Å². The molecule has 3 heterocycles. The number of para-hydroxylation sites is 1. The highest BCUT2D eigenvalue weighted by Crippen LogP contribution is 2.34. The Bertz CT molecular complexity index is 1510. The fourth-order valence-electron chi connectivity index (χ4n) is 3.88. The highest BCUT2D eigenvalue weighted by Gasteiger charge is 2.17. The number of carbonyl (C=O) groups excluding carboxylic acids is 2. The van der Waals surface area contributed by atoms with E-state index in [1.165, 1.54) is 0 Å². The number of hydrogen-bond acceptors (Lipinski definition) is 5. The molecule has 0 saturated heterocycles. The van der Waals surface area contributed by atoms with Crippen molar-refractivity contribution in [2.24, 2.45) is 0 Å². The van der Waals surface area contributed by atoms with Crippen LogP contribution in [-0.2, 0) is 17.9 Å². The van der Waals surface area contributed by atoms with Crippen LogP contribution in [0.2, 0.25) is 0 Å². The number of halogens is 1. The average molecular weight is 482 g/mol. The van der Waals surface area contributed by atoms with E-state index in [-0.39, 0.29) is 12.5 Å². The van der Waals surface area contributed by atoms with Gasteiger partial charge in [0.05, 0.1) is 11.2 Å². The van der Waals surface area contributed by atoms with Crippen LogP contribution in [0.3, 0.4) is 0 Å². The third kappa shape index (κ3) is 4.95. The van der Waals surface area contributed by atoms with E-state index in [0.29, 0.717) is 17.8 Å². The Hall–Kier alpha value is -4.36. The molecule has 0 fully saturated rings. The van der Waals surface area contributed by atoms with Gasteiger partial charge in [-0.1, -0.05) is 36.4 Å². The summed E-state index contributed by atoms with van der Waals surface area (Å²) in [6.45, 7) is 0.368. The van der Waals surface area contributed by atoms with Crippen LogP contribution in [0.25, 0.3) is 33.4 Å². The zero-order chi connectivity index (χ0) is 24.2. The zero-order valence-electron chi connectivity index (χ0n) is 18.6. The summed E-state index contributed by atoms with van der Waals surface area (Å²) in [4.78, 5) is 32.8. The average Bonchev–Trinajstić information content (AvgIpc) is 3.31. The van der Waals surface area contributed by atoms with Gasteiger partial charge in [-0.15, -0.1) is 0 Å². The summed E-state index contributed by atoms with van der Waals surface area (Å²) in [5.41, 5.74) is 5.40. The predicted octanol–water partition coefficient (Wildman–Crippen LogP) is 4.86. The molecule has 0 bridgehead atoms. The minimum atomic E-state index is -0.513. The number of hydrogen-bond donors (Lipinski definition) is 1. The first-order chi connectivity index (χ1) is 17.1. The molecule has 0 spiro atoms. The monoisotopic (exact) mass is 481 g/mol. The third-order valence-corrected chi connectivity index (χ3v) is 5.80. The van der Waals surface area contributed by atoms with Crippen LogP contribution >= 0.6 is 11.6 Å². The molecule has 0 atom stereocenters. The topological polar surface area (TPSA) is 89.8 Å². The number of pyridine rings is 2. The number of carbonyl (C=O) groups is 2. The van der Waals surface area contributed by atoms with Crippen molar-refractivity contribution in [1.29, 1.82) is 0 Å². The van der Waals surface area contributed by atoms with E-state index in [0.717, 1.165) is 33.3 Å². The Morgan fingerprint density at radius 3 is 2.43 bits per heavy atom. The molecule has 172 valence electrons. The van der Waals surface area contributed by atoms with Crippen molar-refractivity contribution in [3.63, 3.8) is 0 Å². The van der Waals surface area contributed by atoms with Gasteiger partial charge in [0.2, 0.25) is 5.91 Å². The van der Waals surface area contributed by atoms with Gasteiger partial charge in [-0.3, -0.25) is 24.2 Å². The maximum atomic E-state index is 12.7. The number of amides is 1. The molecule has 0 aliphatic carbocycles. The highest BCUT2D eigenvalue weighted by atomic mass is 35.5. The van der Waals surface area contributed by atoms with Crippen LogP contribution < -0.4 is 5.32 Å². The van der Waals surface area contributed by atoms with Crippen LogP contribution in [0.4, 0.5) is 0 Å². The summed E-state index contributed by atoms with van der Waals surface area (Å²) in [6, 6.07) is 22.3. The predicted molar refractivity (Wildman–Crippen MR) is 135 cm³/mol. The van der Waals surface area contributed by atoms with Crippen molar-refractivity contribution in [3.05, 3.63) is 103 Å². The summed E-state index contributed by atoms with van der Waals surface area (Å²) in [6.07, 6.45) is 5.36. The van der Waals surface area contributed by atoms with Crippen LogP contribution in [0.1, 0.15) is 15.9 Å². The van der Waals surface area contributed by atoms with Crippen LogP contribution in [0.15, 0.2) is 91.4 Å². The number of nitrogens with zero attached hydrogens (tertiary/aromatic N) is 4. The summed E-state index contributed by atoms with van der Waals surface area (Å²) in [7, 11) is 0. The molecule has 35 heavy (non-hydrogen) atoms. The summed E-state index contributed by atoms with van der Waals surface area (Å²) in [5.74, 6) is -0.191. The molecule has 0 aliphatic heterocycles. The smallest absolute Gasteiger partial charge is 0.252 e. The third-order valence-electron chi connectivity index (χ3n) is 5.58. The zero-order valence-corrected chi connectivity index (χ0v) is 19.3.